The Bertz CT molecular complexity index is 1550. The van der Waals surface area contributed by atoms with Crippen molar-refractivity contribution in [2.24, 2.45) is 0 Å². The minimum Gasteiger partial charge on any atom is -0.338 e. The zero-order valence-corrected chi connectivity index (χ0v) is 23.3. The number of amides is 1. The molecule has 2 aromatic heterocycles. The highest BCUT2D eigenvalue weighted by Gasteiger charge is 2.28. The standard InChI is InChI=1S/C23H22Cl2N6O4S2/c1-23(2,3)14-7-5-13(6-8-14)19-26-18(35-30-19)12-31(4)37(33,34)22-29-28-21(36-22)27-20(32)16-10-9-15(24)11-17(16)25/h5-11H,12H2,1-4H3,(H,27,28,32). The summed E-state index contributed by atoms with van der Waals surface area (Å²) in [5.41, 5.74) is 2.07. The van der Waals surface area contributed by atoms with Gasteiger partial charge in [0.1, 0.15) is 0 Å². The third-order valence-corrected chi connectivity index (χ3v) is 8.80. The van der Waals surface area contributed by atoms with E-state index in [1.54, 1.807) is 0 Å². The maximum atomic E-state index is 13.0. The Hall–Kier alpha value is -2.90. The molecule has 1 N–H and O–H groups in total. The van der Waals surface area contributed by atoms with Crippen LogP contribution in [0.2, 0.25) is 10.0 Å². The third-order valence-electron chi connectivity index (χ3n) is 5.27. The predicted octanol–water partition coefficient (Wildman–Crippen LogP) is 5.27. The molecule has 4 rings (SSSR count). The van der Waals surface area contributed by atoms with Gasteiger partial charge >= 0.3 is 0 Å². The number of aromatic nitrogens is 4. The summed E-state index contributed by atoms with van der Waals surface area (Å²) in [6.45, 7) is 6.18. The molecule has 194 valence electrons. The fourth-order valence-electron chi connectivity index (χ4n) is 3.17. The van der Waals surface area contributed by atoms with Gasteiger partial charge < -0.3 is 4.52 Å². The largest absolute Gasteiger partial charge is 0.338 e. The molecule has 0 atom stereocenters. The van der Waals surface area contributed by atoms with Crippen molar-refractivity contribution in [3.8, 4) is 11.4 Å². The van der Waals surface area contributed by atoms with E-state index in [0.29, 0.717) is 22.2 Å². The second kappa shape index (κ2) is 10.5. The first-order valence-electron chi connectivity index (χ1n) is 10.8. The zero-order valence-electron chi connectivity index (χ0n) is 20.2. The number of anilines is 1. The Morgan fingerprint density at radius 1 is 1.11 bits per heavy atom. The molecule has 0 aliphatic heterocycles. The average molecular weight is 582 g/mol. The monoisotopic (exact) mass is 580 g/mol. The second-order valence-electron chi connectivity index (χ2n) is 9.05. The van der Waals surface area contributed by atoms with Crippen LogP contribution in [0, 0.1) is 0 Å². The molecule has 0 unspecified atom stereocenters. The fourth-order valence-corrected chi connectivity index (χ4v) is 5.86. The van der Waals surface area contributed by atoms with Crippen LogP contribution in [0.3, 0.4) is 0 Å². The van der Waals surface area contributed by atoms with Gasteiger partial charge in [-0.1, -0.05) is 84.7 Å². The lowest BCUT2D eigenvalue weighted by Gasteiger charge is -2.18. The van der Waals surface area contributed by atoms with Crippen molar-refractivity contribution >= 4 is 55.6 Å². The summed E-state index contributed by atoms with van der Waals surface area (Å²) >= 11 is 12.6. The number of hydrogen-bond acceptors (Lipinski definition) is 9. The predicted molar refractivity (Wildman–Crippen MR) is 141 cm³/mol. The summed E-state index contributed by atoms with van der Waals surface area (Å²) in [5.74, 6) is -0.122. The normalized spacial score (nSPS) is 12.2. The van der Waals surface area contributed by atoms with E-state index in [4.69, 9.17) is 27.7 Å². The lowest BCUT2D eigenvalue weighted by molar-refractivity contribution is 0.102. The smallest absolute Gasteiger partial charge is 0.272 e. The van der Waals surface area contributed by atoms with Crippen LogP contribution in [0.4, 0.5) is 5.13 Å². The van der Waals surface area contributed by atoms with E-state index in [2.05, 4.69) is 46.4 Å². The summed E-state index contributed by atoms with van der Waals surface area (Å²) in [6, 6.07) is 12.2. The van der Waals surface area contributed by atoms with Crippen molar-refractivity contribution in [3.05, 3.63) is 69.5 Å². The van der Waals surface area contributed by atoms with Gasteiger partial charge in [0.15, 0.2) is 0 Å². The Labute approximate surface area is 227 Å². The summed E-state index contributed by atoms with van der Waals surface area (Å²) in [6.07, 6.45) is 0. The van der Waals surface area contributed by atoms with Gasteiger partial charge in [0.2, 0.25) is 21.2 Å². The Kier molecular flexibility index (Phi) is 7.67. The first kappa shape index (κ1) is 27.1. The zero-order chi connectivity index (χ0) is 27.0. The van der Waals surface area contributed by atoms with Crippen LogP contribution in [0.1, 0.15) is 42.6 Å². The Morgan fingerprint density at radius 2 is 1.81 bits per heavy atom. The van der Waals surface area contributed by atoms with E-state index in [9.17, 15) is 13.2 Å². The molecular weight excluding hydrogens is 559 g/mol. The average Bonchev–Trinajstić information content (AvgIpc) is 3.48. The molecule has 0 radical (unpaired) electrons. The maximum Gasteiger partial charge on any atom is 0.272 e. The number of hydrogen-bond donors (Lipinski definition) is 1. The molecule has 0 saturated carbocycles. The molecule has 14 heteroatoms. The number of halogens is 2. The Balaban J connectivity index is 1.44. The van der Waals surface area contributed by atoms with Gasteiger partial charge in [-0.25, -0.2) is 8.42 Å². The summed E-state index contributed by atoms with van der Waals surface area (Å²) in [4.78, 5) is 16.8. The van der Waals surface area contributed by atoms with Crippen molar-refractivity contribution in [2.75, 3.05) is 12.4 Å². The van der Waals surface area contributed by atoms with Crippen molar-refractivity contribution in [3.63, 3.8) is 0 Å². The van der Waals surface area contributed by atoms with E-state index in [0.717, 1.165) is 15.4 Å². The number of sulfonamides is 1. The van der Waals surface area contributed by atoms with Crippen LogP contribution in [0.5, 0.6) is 0 Å². The molecule has 0 aliphatic rings. The SMILES string of the molecule is CN(Cc1nc(-c2ccc(C(C)(C)C)cc2)no1)S(=O)(=O)c1nnc(NC(=O)c2ccc(Cl)cc2Cl)s1. The number of carbonyl (C=O) groups excluding carboxylic acids is 1. The van der Waals surface area contributed by atoms with E-state index in [1.165, 1.54) is 25.2 Å². The fraction of sp³-hybridized carbons (Fsp3) is 0.261. The van der Waals surface area contributed by atoms with E-state index >= 15 is 0 Å². The van der Waals surface area contributed by atoms with Crippen molar-refractivity contribution in [1.29, 1.82) is 0 Å². The molecule has 1 amide bonds. The molecule has 0 spiro atoms. The molecule has 0 bridgehead atoms. The van der Waals surface area contributed by atoms with Crippen molar-refractivity contribution < 1.29 is 17.7 Å². The van der Waals surface area contributed by atoms with Crippen LogP contribution in [0.25, 0.3) is 11.4 Å². The highest BCUT2D eigenvalue weighted by atomic mass is 35.5. The van der Waals surface area contributed by atoms with Crippen LogP contribution in [-0.4, -0.2) is 46.0 Å². The number of rotatable bonds is 7. The topological polar surface area (TPSA) is 131 Å². The molecule has 2 aromatic carbocycles. The highest BCUT2D eigenvalue weighted by molar-refractivity contribution is 7.91. The minimum absolute atomic E-state index is 0.00820. The second-order valence-corrected chi connectivity index (χ2v) is 13.1. The number of carbonyl (C=O) groups is 1. The van der Waals surface area contributed by atoms with Crippen molar-refractivity contribution in [2.45, 2.75) is 37.1 Å². The summed E-state index contributed by atoms with van der Waals surface area (Å²) < 4.78 is 32.0. The Morgan fingerprint density at radius 3 is 2.46 bits per heavy atom. The molecular formula is C23H22Cl2N6O4S2. The lowest BCUT2D eigenvalue weighted by Crippen LogP contribution is -2.26. The number of nitrogens with zero attached hydrogens (tertiary/aromatic N) is 5. The van der Waals surface area contributed by atoms with Crippen LogP contribution in [0.15, 0.2) is 51.3 Å². The maximum absolute atomic E-state index is 13.0. The van der Waals surface area contributed by atoms with E-state index in [-0.39, 0.29) is 37.9 Å². The highest BCUT2D eigenvalue weighted by Crippen LogP contribution is 2.27. The number of benzene rings is 2. The van der Waals surface area contributed by atoms with Gasteiger partial charge in [-0.2, -0.15) is 9.29 Å². The van der Waals surface area contributed by atoms with Crippen LogP contribution >= 0.6 is 34.5 Å². The molecule has 0 aliphatic carbocycles. The van der Waals surface area contributed by atoms with Gasteiger partial charge in [-0.05, 0) is 29.2 Å². The van der Waals surface area contributed by atoms with Gasteiger partial charge in [-0.15, -0.1) is 10.2 Å². The molecule has 37 heavy (non-hydrogen) atoms. The first-order chi connectivity index (χ1) is 17.3. The first-order valence-corrected chi connectivity index (χ1v) is 13.9. The van der Waals surface area contributed by atoms with Crippen LogP contribution < -0.4 is 5.32 Å². The molecule has 4 aromatic rings. The minimum atomic E-state index is -4.05. The molecule has 2 heterocycles. The molecule has 0 saturated heterocycles. The van der Waals surface area contributed by atoms with Crippen LogP contribution in [-0.2, 0) is 22.0 Å². The van der Waals surface area contributed by atoms with Gasteiger partial charge in [0.25, 0.3) is 15.9 Å². The summed E-state index contributed by atoms with van der Waals surface area (Å²) in [7, 11) is -2.70. The van der Waals surface area contributed by atoms with Gasteiger partial charge in [0, 0.05) is 17.6 Å². The quantitative estimate of drug-likeness (QED) is 0.292. The summed E-state index contributed by atoms with van der Waals surface area (Å²) in [5, 5.41) is 14.4. The van der Waals surface area contributed by atoms with Crippen molar-refractivity contribution in [1.82, 2.24) is 24.6 Å². The van der Waals surface area contributed by atoms with E-state index in [1.807, 2.05) is 24.3 Å². The van der Waals surface area contributed by atoms with Gasteiger partial charge in [-0.3, -0.25) is 10.1 Å². The molecule has 0 fully saturated rings. The number of nitrogens with one attached hydrogen (secondary N) is 1. The molecule has 10 nitrogen and oxygen atoms in total. The lowest BCUT2D eigenvalue weighted by atomic mass is 9.87. The van der Waals surface area contributed by atoms with E-state index < -0.39 is 15.9 Å². The van der Waals surface area contributed by atoms with Gasteiger partial charge in [0.05, 0.1) is 17.1 Å². The third kappa shape index (κ3) is 6.16.